The number of hydrogen-bond donors (Lipinski definition) is 2. The van der Waals surface area contributed by atoms with E-state index in [2.05, 4.69) is 23.8 Å². The second-order valence-electron chi connectivity index (χ2n) is 10.3. The summed E-state index contributed by atoms with van der Waals surface area (Å²) in [7, 11) is 0. The van der Waals surface area contributed by atoms with Gasteiger partial charge in [0.1, 0.15) is 11.6 Å². The fraction of sp³-hybridized carbons (Fsp3) is 0.647. The minimum Gasteiger partial charge on any atom is -0.386 e. The summed E-state index contributed by atoms with van der Waals surface area (Å²) in [4.78, 5) is 48.8. The molecule has 8 heteroatoms. The number of carbonyl (C=O) groups is 4. The molecule has 238 valence electrons. The van der Waals surface area contributed by atoms with Gasteiger partial charge in [-0.3, -0.25) is 21.0 Å². The summed E-state index contributed by atoms with van der Waals surface area (Å²) in [6.45, 7) is 32.6. The molecule has 42 heavy (non-hydrogen) atoms. The van der Waals surface area contributed by atoms with E-state index in [-0.39, 0.29) is 60.4 Å². The Balaban J connectivity index is -0.000000855. The normalized spacial score (nSPS) is 14.1. The minimum atomic E-state index is -0.123. The van der Waals surface area contributed by atoms with E-state index < -0.39 is 0 Å². The Hall–Kier alpha value is -1.75. The maximum absolute atomic E-state index is 12.8. The van der Waals surface area contributed by atoms with Crippen molar-refractivity contribution >= 4 is 23.3 Å². The van der Waals surface area contributed by atoms with Crippen LogP contribution >= 0.6 is 0 Å². The molecule has 0 bridgehead atoms. The molecule has 1 aliphatic rings. The predicted octanol–water partition coefficient (Wildman–Crippen LogP) is 6.17. The second kappa shape index (κ2) is 26.8. The minimum absolute atomic E-state index is 0. The van der Waals surface area contributed by atoms with E-state index >= 15 is 0 Å². The van der Waals surface area contributed by atoms with Crippen molar-refractivity contribution in [3.63, 3.8) is 0 Å². The van der Waals surface area contributed by atoms with Crippen LogP contribution in [0, 0.1) is 49.5 Å². The molecule has 1 saturated heterocycles. The fourth-order valence-corrected chi connectivity index (χ4v) is 3.94. The first-order chi connectivity index (χ1) is 19.4. The summed E-state index contributed by atoms with van der Waals surface area (Å²) >= 11 is 0. The molecule has 0 aromatic heterocycles. The van der Waals surface area contributed by atoms with Gasteiger partial charge in [0, 0.05) is 101 Å². The molecule has 1 amide bonds. The molecule has 1 fully saturated rings. The van der Waals surface area contributed by atoms with Crippen LogP contribution in [0.2, 0.25) is 0 Å². The van der Waals surface area contributed by atoms with Crippen LogP contribution < -0.4 is 10.6 Å². The molecule has 0 spiro atoms. The molecule has 1 rings (SSSR count). The van der Waals surface area contributed by atoms with Gasteiger partial charge in [-0.2, -0.15) is 12.2 Å². The van der Waals surface area contributed by atoms with Gasteiger partial charge >= 0.3 is 0 Å². The summed E-state index contributed by atoms with van der Waals surface area (Å²) < 4.78 is 0. The Kier molecular flexibility index (Phi) is 28.6. The van der Waals surface area contributed by atoms with Crippen LogP contribution in [0.25, 0.3) is 0 Å². The third-order valence-electron chi connectivity index (χ3n) is 6.89. The van der Waals surface area contributed by atoms with Crippen LogP contribution in [0.4, 0.5) is 0 Å². The van der Waals surface area contributed by atoms with E-state index in [0.29, 0.717) is 66.8 Å². The van der Waals surface area contributed by atoms with Crippen molar-refractivity contribution in [2.75, 3.05) is 32.7 Å². The first kappa shape index (κ1) is 44.7. The van der Waals surface area contributed by atoms with Crippen LogP contribution in [0.1, 0.15) is 100 Å². The smallest absolute Gasteiger partial charge is 0.222 e. The number of nitrogens with one attached hydrogen (secondary N) is 2. The second-order valence-corrected chi connectivity index (χ2v) is 10.3. The van der Waals surface area contributed by atoms with Crippen LogP contribution in [0.3, 0.4) is 0 Å². The number of nitrogens with zero attached hydrogens (tertiary/aromatic N) is 1. The molecular formula is C34H58N3O4U-. The van der Waals surface area contributed by atoms with E-state index in [1.165, 1.54) is 0 Å². The van der Waals surface area contributed by atoms with E-state index in [9.17, 15) is 19.2 Å². The Bertz CT molecular complexity index is 904. The molecule has 1 heterocycles. The molecule has 2 unspecified atom stereocenters. The standard InChI is InChI=1S/C22H34N3O2.C10H18O2.C2H6.U/c1-7-17(5)22(27)21(18(6)16(3)4)19(8-2)24-11-9-10-20(26)25-14-12-23-13-15-25;1-4-5-10(12)8(2)6-7-9(3)11;1-2;/h3,8,17,23-24H,2,6-7,9-15H2,1,4-5H3;8H,4-7H2,1-3H3;1-2H3;/q-1;;;/b21-19-;;;. The first-order valence-electron chi connectivity index (χ1n) is 15.3. The quantitative estimate of drug-likeness (QED) is 0.0791. The Labute approximate surface area is 280 Å². The van der Waals surface area contributed by atoms with Crippen LogP contribution in [-0.4, -0.2) is 60.9 Å². The zero-order valence-corrected chi connectivity index (χ0v) is 32.0. The molecule has 0 aromatic carbocycles. The molecule has 0 saturated carbocycles. The van der Waals surface area contributed by atoms with Gasteiger partial charge in [-0.15, -0.1) is 0 Å². The summed E-state index contributed by atoms with van der Waals surface area (Å²) in [6, 6.07) is 0. The van der Waals surface area contributed by atoms with Gasteiger partial charge in [0.2, 0.25) is 5.91 Å². The van der Waals surface area contributed by atoms with Gasteiger partial charge in [0.05, 0.1) is 0 Å². The number of allylic oxidation sites excluding steroid dienone is 4. The van der Waals surface area contributed by atoms with Crippen molar-refractivity contribution in [3.8, 4) is 0 Å². The van der Waals surface area contributed by atoms with E-state index in [1.807, 2.05) is 46.4 Å². The average molecular weight is 811 g/mol. The molecule has 7 nitrogen and oxygen atoms in total. The Morgan fingerprint density at radius 1 is 1.00 bits per heavy atom. The van der Waals surface area contributed by atoms with Crippen LogP contribution in [0.5, 0.6) is 0 Å². The summed E-state index contributed by atoms with van der Waals surface area (Å²) in [6.07, 6.45) is 6.34. The van der Waals surface area contributed by atoms with Crippen molar-refractivity contribution < 1.29 is 50.3 Å². The number of hydrogen-bond acceptors (Lipinski definition) is 6. The molecule has 2 N–H and O–H groups in total. The van der Waals surface area contributed by atoms with E-state index in [1.54, 1.807) is 19.9 Å². The van der Waals surface area contributed by atoms with Gasteiger partial charge in [-0.05, 0) is 44.3 Å². The van der Waals surface area contributed by atoms with Gasteiger partial charge in [-0.1, -0.05) is 55.0 Å². The first-order valence-corrected chi connectivity index (χ1v) is 15.3. The number of amides is 1. The summed E-state index contributed by atoms with van der Waals surface area (Å²) in [5, 5.41) is 6.49. The van der Waals surface area contributed by atoms with Gasteiger partial charge in [0.25, 0.3) is 0 Å². The maximum atomic E-state index is 12.8. The summed E-state index contributed by atoms with van der Waals surface area (Å²) in [5.41, 5.74) is 2.16. The number of Topliss-reactive ketones (excluding diaryl/α,β-unsaturated/α-hetero) is 3. The third-order valence-corrected chi connectivity index (χ3v) is 6.89. The third kappa shape index (κ3) is 18.7. The topological polar surface area (TPSA) is 95.6 Å². The van der Waals surface area contributed by atoms with Crippen molar-refractivity contribution in [2.45, 2.75) is 100 Å². The Morgan fingerprint density at radius 2 is 1.57 bits per heavy atom. The monoisotopic (exact) mass is 810 g/mol. The molecular weight excluding hydrogens is 752 g/mol. The van der Waals surface area contributed by atoms with Crippen molar-refractivity contribution in [3.05, 3.63) is 48.2 Å². The number of piperazine rings is 1. The van der Waals surface area contributed by atoms with Crippen LogP contribution in [0.15, 0.2) is 41.7 Å². The zero-order valence-electron chi connectivity index (χ0n) is 27.8. The molecule has 0 radical (unpaired) electrons. The Morgan fingerprint density at radius 3 is 2.02 bits per heavy atom. The predicted molar refractivity (Wildman–Crippen MR) is 171 cm³/mol. The summed E-state index contributed by atoms with van der Waals surface area (Å²) in [5.74, 6) is 0.585. The molecule has 2 atom stereocenters. The van der Waals surface area contributed by atoms with Crippen molar-refractivity contribution in [2.24, 2.45) is 11.8 Å². The van der Waals surface area contributed by atoms with Gasteiger partial charge in [0.15, 0.2) is 5.78 Å². The van der Waals surface area contributed by atoms with E-state index in [4.69, 9.17) is 6.58 Å². The van der Waals surface area contributed by atoms with Gasteiger partial charge in [-0.25, -0.2) is 5.57 Å². The molecule has 0 aliphatic carbocycles. The zero-order chi connectivity index (χ0) is 32.0. The molecule has 0 aromatic rings. The number of ketones is 3. The van der Waals surface area contributed by atoms with Crippen molar-refractivity contribution in [1.82, 2.24) is 15.5 Å². The van der Waals surface area contributed by atoms with E-state index in [0.717, 1.165) is 39.0 Å². The molecule has 1 aliphatic heterocycles. The maximum Gasteiger partial charge on any atom is 0.222 e. The van der Waals surface area contributed by atoms with Crippen LogP contribution in [-0.2, 0) is 19.2 Å². The number of rotatable bonds is 17. The fourth-order valence-electron chi connectivity index (χ4n) is 3.94. The number of carbonyl (C=O) groups excluding carboxylic acids is 4. The largest absolute Gasteiger partial charge is 0.386 e. The van der Waals surface area contributed by atoms with Gasteiger partial charge < -0.3 is 20.3 Å². The SMILES string of the molecule is CC.CCCC(=O)C(C)CCC(C)=O.[CH-]=C(C)C(=C)/C(C(=O)C(C)CC)=C(\C=C)NCCCC(=O)N1CCNCC1.[U]. The van der Waals surface area contributed by atoms with Crippen molar-refractivity contribution in [1.29, 1.82) is 0 Å². The average Bonchev–Trinajstić information content (AvgIpc) is 2.98.